The van der Waals surface area contributed by atoms with Crippen molar-refractivity contribution in [2.45, 2.75) is 46.6 Å². The van der Waals surface area contributed by atoms with Crippen LogP contribution in [0.25, 0.3) is 0 Å². The van der Waals surface area contributed by atoms with Gasteiger partial charge < -0.3 is 15.8 Å². The minimum absolute atomic E-state index is 0.0851. The number of amides is 1. The van der Waals surface area contributed by atoms with Crippen molar-refractivity contribution in [3.63, 3.8) is 0 Å². The molecule has 0 aliphatic rings. The Morgan fingerprint density at radius 3 is 2.76 bits per heavy atom. The van der Waals surface area contributed by atoms with Gasteiger partial charge in [-0.3, -0.25) is 4.79 Å². The molecule has 21 heavy (non-hydrogen) atoms. The summed E-state index contributed by atoms with van der Waals surface area (Å²) < 4.78 is 5.45. The van der Waals surface area contributed by atoms with Gasteiger partial charge in [0.25, 0.3) is 0 Å². The van der Waals surface area contributed by atoms with Gasteiger partial charge in [0.05, 0.1) is 6.61 Å². The number of carbonyl (C=O) groups is 1. The Labute approximate surface area is 128 Å². The maximum absolute atomic E-state index is 11.9. The molecule has 4 heteroatoms. The minimum Gasteiger partial charge on any atom is -0.494 e. The number of nitrogens with two attached hydrogens (primary N) is 1. The van der Waals surface area contributed by atoms with E-state index in [1.807, 2.05) is 31.2 Å². The van der Waals surface area contributed by atoms with E-state index in [1.165, 1.54) is 0 Å². The van der Waals surface area contributed by atoms with Gasteiger partial charge in [-0.1, -0.05) is 26.0 Å². The number of benzene rings is 1. The van der Waals surface area contributed by atoms with Crippen LogP contribution in [0.5, 0.6) is 5.75 Å². The summed E-state index contributed by atoms with van der Waals surface area (Å²) in [5, 5.41) is 2.96. The van der Waals surface area contributed by atoms with E-state index < -0.39 is 0 Å². The third kappa shape index (κ3) is 7.14. The fourth-order valence-corrected chi connectivity index (χ4v) is 2.17. The van der Waals surface area contributed by atoms with Crippen molar-refractivity contribution in [3.05, 3.63) is 29.8 Å². The Kier molecular flexibility index (Phi) is 7.23. The van der Waals surface area contributed by atoms with Gasteiger partial charge in [0, 0.05) is 13.0 Å². The molecule has 4 nitrogen and oxygen atoms in total. The van der Waals surface area contributed by atoms with Gasteiger partial charge >= 0.3 is 0 Å². The summed E-state index contributed by atoms with van der Waals surface area (Å²) in [6.07, 6.45) is 2.34. The molecule has 1 aromatic rings. The highest BCUT2D eigenvalue weighted by molar-refractivity contribution is 5.75. The van der Waals surface area contributed by atoms with Crippen LogP contribution in [0.3, 0.4) is 0 Å². The molecule has 0 aliphatic carbocycles. The summed E-state index contributed by atoms with van der Waals surface area (Å²) in [7, 11) is 0. The van der Waals surface area contributed by atoms with E-state index in [-0.39, 0.29) is 11.3 Å². The highest BCUT2D eigenvalue weighted by atomic mass is 16.5. The van der Waals surface area contributed by atoms with E-state index in [2.05, 4.69) is 19.2 Å². The number of ether oxygens (including phenoxy) is 1. The molecule has 0 fully saturated rings. The summed E-state index contributed by atoms with van der Waals surface area (Å²) in [6, 6.07) is 7.81. The van der Waals surface area contributed by atoms with Crippen LogP contribution >= 0.6 is 0 Å². The zero-order chi connectivity index (χ0) is 15.7. The third-order valence-corrected chi connectivity index (χ3v) is 3.55. The Morgan fingerprint density at radius 1 is 1.33 bits per heavy atom. The Morgan fingerprint density at radius 2 is 2.10 bits per heavy atom. The summed E-state index contributed by atoms with van der Waals surface area (Å²) in [5.41, 5.74) is 6.76. The average molecular weight is 292 g/mol. The van der Waals surface area contributed by atoms with Crippen molar-refractivity contribution in [2.75, 3.05) is 13.2 Å². The first kappa shape index (κ1) is 17.5. The molecule has 0 saturated heterocycles. The normalized spacial score (nSPS) is 11.2. The number of hydrogen-bond donors (Lipinski definition) is 2. The quantitative estimate of drug-likeness (QED) is 0.735. The van der Waals surface area contributed by atoms with Crippen LogP contribution in [-0.2, 0) is 11.3 Å². The monoisotopic (exact) mass is 292 g/mol. The first-order valence-corrected chi connectivity index (χ1v) is 7.65. The van der Waals surface area contributed by atoms with E-state index in [1.54, 1.807) is 0 Å². The molecule has 0 aromatic heterocycles. The van der Waals surface area contributed by atoms with Crippen molar-refractivity contribution in [3.8, 4) is 5.75 Å². The lowest BCUT2D eigenvalue weighted by Gasteiger charge is -2.23. The molecule has 0 saturated carbocycles. The van der Waals surface area contributed by atoms with Gasteiger partial charge in [0.1, 0.15) is 5.75 Å². The molecule has 0 unspecified atom stereocenters. The summed E-state index contributed by atoms with van der Waals surface area (Å²) in [4.78, 5) is 11.9. The SMILES string of the molecule is CCOc1cccc(CNC(=O)CCC(C)(C)CCN)c1. The first-order chi connectivity index (χ1) is 9.96. The largest absolute Gasteiger partial charge is 0.494 e. The van der Waals surface area contributed by atoms with E-state index in [9.17, 15) is 4.79 Å². The predicted molar refractivity (Wildman–Crippen MR) is 86.1 cm³/mol. The van der Waals surface area contributed by atoms with Crippen LogP contribution in [-0.4, -0.2) is 19.1 Å². The standard InChI is InChI=1S/C17H28N2O2/c1-4-21-15-7-5-6-14(12-15)13-19-16(20)8-9-17(2,3)10-11-18/h5-7,12H,4,8-11,13,18H2,1-3H3,(H,19,20). The molecule has 118 valence electrons. The lowest BCUT2D eigenvalue weighted by atomic mass is 9.84. The van der Waals surface area contributed by atoms with Crippen LogP contribution in [0.4, 0.5) is 0 Å². The summed E-state index contributed by atoms with van der Waals surface area (Å²) in [5.74, 6) is 0.926. The fraction of sp³-hybridized carbons (Fsp3) is 0.588. The smallest absolute Gasteiger partial charge is 0.220 e. The average Bonchev–Trinajstić information content (AvgIpc) is 2.44. The maximum atomic E-state index is 11.9. The molecule has 0 radical (unpaired) electrons. The van der Waals surface area contributed by atoms with Gasteiger partial charge in [-0.05, 0) is 49.4 Å². The summed E-state index contributed by atoms with van der Waals surface area (Å²) in [6.45, 7) is 8.11. The fourth-order valence-electron chi connectivity index (χ4n) is 2.17. The van der Waals surface area contributed by atoms with Gasteiger partial charge in [-0.2, -0.15) is 0 Å². The van der Waals surface area contributed by atoms with Crippen molar-refractivity contribution >= 4 is 5.91 Å². The van der Waals surface area contributed by atoms with E-state index >= 15 is 0 Å². The Balaban J connectivity index is 2.37. The van der Waals surface area contributed by atoms with Crippen molar-refractivity contribution in [2.24, 2.45) is 11.1 Å². The molecule has 0 spiro atoms. The lowest BCUT2D eigenvalue weighted by molar-refractivity contribution is -0.121. The molecule has 0 atom stereocenters. The minimum atomic E-state index is 0.0851. The predicted octanol–water partition coefficient (Wildman–Crippen LogP) is 2.86. The number of hydrogen-bond acceptors (Lipinski definition) is 3. The topological polar surface area (TPSA) is 64.3 Å². The lowest BCUT2D eigenvalue weighted by Crippen LogP contribution is -2.25. The molecule has 0 bridgehead atoms. The van der Waals surface area contributed by atoms with Crippen LogP contribution < -0.4 is 15.8 Å². The molecular formula is C17H28N2O2. The van der Waals surface area contributed by atoms with Crippen LogP contribution in [0.2, 0.25) is 0 Å². The summed E-state index contributed by atoms with van der Waals surface area (Å²) >= 11 is 0. The molecule has 1 rings (SSSR count). The van der Waals surface area contributed by atoms with E-state index in [0.29, 0.717) is 26.1 Å². The van der Waals surface area contributed by atoms with Gasteiger partial charge in [-0.25, -0.2) is 0 Å². The number of rotatable bonds is 9. The van der Waals surface area contributed by atoms with Crippen molar-refractivity contribution in [1.29, 1.82) is 0 Å². The van der Waals surface area contributed by atoms with E-state index in [0.717, 1.165) is 24.2 Å². The van der Waals surface area contributed by atoms with Gasteiger partial charge in [-0.15, -0.1) is 0 Å². The maximum Gasteiger partial charge on any atom is 0.220 e. The second kappa shape index (κ2) is 8.67. The van der Waals surface area contributed by atoms with Crippen molar-refractivity contribution < 1.29 is 9.53 Å². The number of carbonyl (C=O) groups excluding carboxylic acids is 1. The zero-order valence-electron chi connectivity index (χ0n) is 13.4. The van der Waals surface area contributed by atoms with Gasteiger partial charge in [0.2, 0.25) is 5.91 Å². The van der Waals surface area contributed by atoms with Crippen LogP contribution in [0.1, 0.15) is 45.6 Å². The Bertz CT molecular complexity index is 444. The Hall–Kier alpha value is -1.55. The molecule has 1 amide bonds. The van der Waals surface area contributed by atoms with Crippen LogP contribution in [0, 0.1) is 5.41 Å². The molecule has 0 aliphatic heterocycles. The highest BCUT2D eigenvalue weighted by Crippen LogP contribution is 2.25. The highest BCUT2D eigenvalue weighted by Gasteiger charge is 2.18. The second-order valence-electron chi connectivity index (χ2n) is 6.06. The van der Waals surface area contributed by atoms with Crippen molar-refractivity contribution in [1.82, 2.24) is 5.32 Å². The van der Waals surface area contributed by atoms with Crippen LogP contribution in [0.15, 0.2) is 24.3 Å². The molecule has 0 heterocycles. The van der Waals surface area contributed by atoms with Gasteiger partial charge in [0.15, 0.2) is 0 Å². The third-order valence-electron chi connectivity index (χ3n) is 3.55. The molecule has 3 N–H and O–H groups in total. The molecular weight excluding hydrogens is 264 g/mol. The first-order valence-electron chi connectivity index (χ1n) is 7.65. The zero-order valence-corrected chi connectivity index (χ0v) is 13.4. The molecule has 1 aromatic carbocycles. The second-order valence-corrected chi connectivity index (χ2v) is 6.06. The van der Waals surface area contributed by atoms with E-state index in [4.69, 9.17) is 10.5 Å². The number of nitrogens with one attached hydrogen (secondary N) is 1.